The van der Waals surface area contributed by atoms with E-state index in [2.05, 4.69) is 5.32 Å². The summed E-state index contributed by atoms with van der Waals surface area (Å²) in [6.45, 7) is 8.17. The zero-order chi connectivity index (χ0) is 19.2. The first-order valence-corrected chi connectivity index (χ1v) is 8.65. The maximum absolute atomic E-state index is 12.3. The summed E-state index contributed by atoms with van der Waals surface area (Å²) < 4.78 is 10.8. The van der Waals surface area contributed by atoms with Crippen molar-refractivity contribution in [1.29, 1.82) is 0 Å². The van der Waals surface area contributed by atoms with Crippen molar-refractivity contribution in [2.75, 3.05) is 12.4 Å². The number of nitrogens with one attached hydrogen (secondary N) is 1. The summed E-state index contributed by atoms with van der Waals surface area (Å²) in [5.74, 6) is 0.734. The van der Waals surface area contributed by atoms with Crippen molar-refractivity contribution < 1.29 is 14.3 Å². The second-order valence-electron chi connectivity index (χ2n) is 7.26. The Morgan fingerprint density at radius 3 is 2.19 bits per heavy atom. The topological polar surface area (TPSA) is 47.6 Å². The van der Waals surface area contributed by atoms with Crippen molar-refractivity contribution >= 4 is 17.4 Å². The van der Waals surface area contributed by atoms with Crippen LogP contribution >= 0.6 is 0 Å². The number of ether oxygens (including phenoxy) is 2. The third-order valence-corrected chi connectivity index (χ3v) is 4.05. The van der Waals surface area contributed by atoms with Gasteiger partial charge in [-0.15, -0.1) is 0 Å². The molecular weight excluding hydrogens is 326 g/mol. The number of rotatable bonds is 5. The molecule has 2 rings (SSSR count). The Bertz CT molecular complexity index is 743. The highest BCUT2D eigenvalue weighted by Crippen LogP contribution is 2.27. The van der Waals surface area contributed by atoms with Gasteiger partial charge < -0.3 is 9.47 Å². The normalized spacial score (nSPS) is 13.0. The summed E-state index contributed by atoms with van der Waals surface area (Å²) in [5, 5.41) is 2.76. The van der Waals surface area contributed by atoms with E-state index in [1.54, 1.807) is 31.4 Å². The van der Waals surface area contributed by atoms with Gasteiger partial charge in [0.25, 0.3) is 0 Å². The number of methoxy groups -OCH3 is 1. The zero-order valence-electron chi connectivity index (χ0n) is 16.1. The highest BCUT2D eigenvalue weighted by atomic mass is 16.6. The standard InChI is InChI=1S/C22H27NO3/c1-16(17-9-7-6-8-10-17)15-20(22(2,3)4)26-21(24)23-18-11-13-19(25-5)14-12-18/h6-15,20H,1-5H3,(H,23,24)/b16-15-/t20-/m1/s1. The predicted octanol–water partition coefficient (Wildman–Crippen LogP) is 5.76. The molecule has 0 radical (unpaired) electrons. The maximum Gasteiger partial charge on any atom is 0.412 e. The van der Waals surface area contributed by atoms with Gasteiger partial charge >= 0.3 is 6.09 Å². The summed E-state index contributed by atoms with van der Waals surface area (Å²) >= 11 is 0. The number of hydrogen-bond acceptors (Lipinski definition) is 3. The Morgan fingerprint density at radius 2 is 1.65 bits per heavy atom. The molecule has 0 spiro atoms. The third kappa shape index (κ3) is 5.66. The van der Waals surface area contributed by atoms with Crippen LogP contribution in [0.2, 0.25) is 0 Å². The number of carbonyl (C=O) groups is 1. The SMILES string of the molecule is COc1ccc(NC(=O)O[C@H](/C=C(/C)c2ccccc2)C(C)(C)C)cc1. The van der Waals surface area contributed by atoms with Crippen molar-refractivity contribution in [2.24, 2.45) is 5.41 Å². The smallest absolute Gasteiger partial charge is 0.412 e. The molecule has 0 aliphatic heterocycles. The van der Waals surface area contributed by atoms with Crippen molar-refractivity contribution in [3.8, 4) is 5.75 Å². The summed E-state index contributed by atoms with van der Waals surface area (Å²) in [6, 6.07) is 17.2. The van der Waals surface area contributed by atoms with E-state index in [1.807, 2.05) is 64.1 Å². The minimum absolute atomic E-state index is 0.229. The molecule has 0 unspecified atom stereocenters. The molecule has 0 fully saturated rings. The van der Waals surface area contributed by atoms with Crippen molar-refractivity contribution in [3.63, 3.8) is 0 Å². The van der Waals surface area contributed by atoms with Crippen molar-refractivity contribution in [1.82, 2.24) is 0 Å². The van der Waals surface area contributed by atoms with E-state index in [9.17, 15) is 4.79 Å². The maximum atomic E-state index is 12.3. The fourth-order valence-electron chi connectivity index (χ4n) is 2.42. The molecule has 4 nitrogen and oxygen atoms in total. The number of hydrogen-bond donors (Lipinski definition) is 1. The lowest BCUT2D eigenvalue weighted by atomic mass is 9.87. The van der Waals surface area contributed by atoms with Gasteiger partial charge in [-0.2, -0.15) is 0 Å². The lowest BCUT2D eigenvalue weighted by Crippen LogP contribution is -2.32. The number of amides is 1. The molecular formula is C22H27NO3. The first-order chi connectivity index (χ1) is 12.3. The van der Waals surface area contributed by atoms with Crippen molar-refractivity contribution in [2.45, 2.75) is 33.8 Å². The third-order valence-electron chi connectivity index (χ3n) is 4.05. The van der Waals surface area contributed by atoms with Gasteiger partial charge in [-0.3, -0.25) is 5.32 Å². The molecule has 26 heavy (non-hydrogen) atoms. The monoisotopic (exact) mass is 353 g/mol. The Balaban J connectivity index is 2.11. The van der Waals surface area contributed by atoms with E-state index in [-0.39, 0.29) is 11.5 Å². The van der Waals surface area contributed by atoms with Crippen LogP contribution in [0.15, 0.2) is 60.7 Å². The molecule has 0 aromatic heterocycles. The summed E-state index contributed by atoms with van der Waals surface area (Å²) in [4.78, 5) is 12.3. The molecule has 0 aliphatic rings. The van der Waals surface area contributed by atoms with Gasteiger partial charge in [0.05, 0.1) is 7.11 Å². The molecule has 1 amide bonds. The molecule has 1 N–H and O–H groups in total. The summed E-state index contributed by atoms with van der Waals surface area (Å²) in [6.07, 6.45) is 1.16. The van der Waals surface area contributed by atoms with Crippen LogP contribution in [-0.2, 0) is 4.74 Å². The lowest BCUT2D eigenvalue weighted by Gasteiger charge is -2.28. The quantitative estimate of drug-likeness (QED) is 0.743. The fraction of sp³-hybridized carbons (Fsp3) is 0.318. The van der Waals surface area contributed by atoms with Gasteiger partial charge in [0.1, 0.15) is 11.9 Å². The number of allylic oxidation sites excluding steroid dienone is 1. The molecule has 4 heteroatoms. The van der Waals surface area contributed by atoms with E-state index < -0.39 is 6.09 Å². The average Bonchev–Trinajstić information content (AvgIpc) is 2.61. The van der Waals surface area contributed by atoms with Crippen LogP contribution in [0.25, 0.3) is 5.57 Å². The lowest BCUT2D eigenvalue weighted by molar-refractivity contribution is 0.0717. The van der Waals surface area contributed by atoms with Crippen LogP contribution in [0, 0.1) is 5.41 Å². The second kappa shape index (κ2) is 8.56. The van der Waals surface area contributed by atoms with E-state index in [4.69, 9.17) is 9.47 Å². The van der Waals surface area contributed by atoms with Crippen LogP contribution < -0.4 is 10.1 Å². The summed E-state index contributed by atoms with van der Waals surface area (Å²) in [5.41, 5.74) is 2.61. The van der Waals surface area contributed by atoms with Crippen LogP contribution in [0.1, 0.15) is 33.3 Å². The minimum atomic E-state index is -0.479. The Kier molecular flexibility index (Phi) is 6.45. The highest BCUT2D eigenvalue weighted by molar-refractivity contribution is 5.85. The van der Waals surface area contributed by atoms with Gasteiger partial charge in [0.2, 0.25) is 0 Å². The number of carbonyl (C=O) groups excluding carboxylic acids is 1. The van der Waals surface area contributed by atoms with Crippen molar-refractivity contribution in [3.05, 3.63) is 66.2 Å². The predicted molar refractivity (Wildman–Crippen MR) is 106 cm³/mol. The van der Waals surface area contributed by atoms with E-state index in [1.165, 1.54) is 0 Å². The molecule has 2 aromatic rings. The van der Waals surface area contributed by atoms with E-state index >= 15 is 0 Å². The first-order valence-electron chi connectivity index (χ1n) is 8.65. The van der Waals surface area contributed by atoms with Crippen LogP contribution in [0.4, 0.5) is 10.5 Å². The van der Waals surface area contributed by atoms with Gasteiger partial charge in [-0.25, -0.2) is 4.79 Å². The number of benzene rings is 2. The highest BCUT2D eigenvalue weighted by Gasteiger charge is 2.27. The van der Waals surface area contributed by atoms with Gasteiger partial charge in [-0.05, 0) is 48.4 Å². The second-order valence-corrected chi connectivity index (χ2v) is 7.26. The molecule has 0 heterocycles. The Labute approximate surface area is 155 Å². The first kappa shape index (κ1) is 19.6. The molecule has 0 saturated heterocycles. The van der Waals surface area contributed by atoms with E-state index in [0.717, 1.165) is 16.9 Å². The average molecular weight is 353 g/mol. The molecule has 0 saturated carbocycles. The molecule has 138 valence electrons. The molecule has 2 aromatic carbocycles. The van der Waals surface area contributed by atoms with E-state index in [0.29, 0.717) is 5.69 Å². The number of anilines is 1. The van der Waals surface area contributed by atoms with Gasteiger partial charge in [0, 0.05) is 11.1 Å². The Morgan fingerprint density at radius 1 is 1.04 bits per heavy atom. The van der Waals surface area contributed by atoms with Crippen LogP contribution in [0.5, 0.6) is 5.75 Å². The summed E-state index contributed by atoms with van der Waals surface area (Å²) in [7, 11) is 1.60. The fourth-order valence-corrected chi connectivity index (χ4v) is 2.42. The van der Waals surface area contributed by atoms with Gasteiger partial charge in [-0.1, -0.05) is 51.1 Å². The van der Waals surface area contributed by atoms with Gasteiger partial charge in [0.15, 0.2) is 0 Å². The Hall–Kier alpha value is -2.75. The van der Waals surface area contributed by atoms with Crippen LogP contribution in [-0.4, -0.2) is 19.3 Å². The minimum Gasteiger partial charge on any atom is -0.497 e. The largest absolute Gasteiger partial charge is 0.497 e. The zero-order valence-corrected chi connectivity index (χ0v) is 16.1. The molecule has 0 bridgehead atoms. The van der Waals surface area contributed by atoms with Crippen LogP contribution in [0.3, 0.4) is 0 Å². The molecule has 0 aliphatic carbocycles. The molecule has 1 atom stereocenters.